The van der Waals surface area contributed by atoms with E-state index in [1.807, 2.05) is 0 Å². The third-order valence-corrected chi connectivity index (χ3v) is 3.07. The number of aromatic nitrogens is 2. The van der Waals surface area contributed by atoms with Crippen molar-refractivity contribution in [1.82, 2.24) is 9.97 Å². The van der Waals surface area contributed by atoms with E-state index in [0.717, 1.165) is 6.07 Å². The van der Waals surface area contributed by atoms with Crippen molar-refractivity contribution in [3.8, 4) is 11.6 Å². The third kappa shape index (κ3) is 3.24. The van der Waals surface area contributed by atoms with Crippen molar-refractivity contribution in [1.29, 1.82) is 0 Å². The topological polar surface area (TPSA) is 73.1 Å². The van der Waals surface area contributed by atoms with Gasteiger partial charge in [0.1, 0.15) is 17.4 Å². The van der Waals surface area contributed by atoms with E-state index in [1.165, 1.54) is 12.1 Å². The van der Waals surface area contributed by atoms with Gasteiger partial charge in [0, 0.05) is 19.2 Å². The summed E-state index contributed by atoms with van der Waals surface area (Å²) in [5.41, 5.74) is 5.53. The highest BCUT2D eigenvalue weighted by Gasteiger charge is 2.10. The van der Waals surface area contributed by atoms with Crippen molar-refractivity contribution >= 4 is 39.3 Å². The van der Waals surface area contributed by atoms with Gasteiger partial charge >= 0.3 is 0 Å². The number of benzene rings is 1. The molecule has 0 aliphatic heterocycles. The zero-order chi connectivity index (χ0) is 14.0. The van der Waals surface area contributed by atoms with Gasteiger partial charge in [0.15, 0.2) is 0 Å². The van der Waals surface area contributed by atoms with Gasteiger partial charge in [0.2, 0.25) is 11.8 Å². The van der Waals surface area contributed by atoms with Crippen LogP contribution in [-0.2, 0) is 0 Å². The number of rotatable bonds is 3. The quantitative estimate of drug-likeness (QED) is 0.832. The molecule has 19 heavy (non-hydrogen) atoms. The molecule has 100 valence electrons. The molecule has 0 fully saturated rings. The summed E-state index contributed by atoms with van der Waals surface area (Å²) >= 11 is 8.87. The van der Waals surface area contributed by atoms with Crippen LogP contribution in [0.5, 0.6) is 11.6 Å². The van der Waals surface area contributed by atoms with Crippen LogP contribution >= 0.6 is 27.5 Å². The van der Waals surface area contributed by atoms with Crippen LogP contribution in [0.3, 0.4) is 0 Å². The molecule has 0 aliphatic rings. The molecule has 0 saturated carbocycles. The van der Waals surface area contributed by atoms with E-state index in [1.54, 1.807) is 7.05 Å². The molecule has 2 aromatic rings. The maximum absolute atomic E-state index is 13.4. The lowest BCUT2D eigenvalue weighted by Crippen LogP contribution is -2.01. The molecular formula is C11H9BrClFN4O. The normalized spacial score (nSPS) is 10.3. The Morgan fingerprint density at radius 3 is 2.79 bits per heavy atom. The average molecular weight is 348 g/mol. The van der Waals surface area contributed by atoms with E-state index in [2.05, 4.69) is 31.2 Å². The second kappa shape index (κ2) is 5.58. The molecule has 5 nitrogen and oxygen atoms in total. The first-order valence-electron chi connectivity index (χ1n) is 5.14. The standard InChI is InChI=1S/C11H9BrClFN4O/c1-16-9-4-10(18-11(15)17-9)19-8-3-7(14)6(13)2-5(8)12/h2-4H,1H3,(H3,15,16,17,18). The number of hydrogen-bond donors (Lipinski definition) is 2. The Hall–Kier alpha value is -1.60. The van der Waals surface area contributed by atoms with Crippen LogP contribution in [0.25, 0.3) is 0 Å². The fraction of sp³-hybridized carbons (Fsp3) is 0.0909. The second-order valence-electron chi connectivity index (χ2n) is 3.50. The van der Waals surface area contributed by atoms with Crippen molar-refractivity contribution in [2.24, 2.45) is 0 Å². The molecule has 3 N–H and O–H groups in total. The zero-order valence-corrected chi connectivity index (χ0v) is 12.1. The smallest absolute Gasteiger partial charge is 0.226 e. The maximum Gasteiger partial charge on any atom is 0.226 e. The summed E-state index contributed by atoms with van der Waals surface area (Å²) in [6.45, 7) is 0. The third-order valence-electron chi connectivity index (χ3n) is 2.17. The van der Waals surface area contributed by atoms with Gasteiger partial charge in [-0.3, -0.25) is 0 Å². The van der Waals surface area contributed by atoms with Crippen LogP contribution in [0.15, 0.2) is 22.7 Å². The van der Waals surface area contributed by atoms with Crippen LogP contribution < -0.4 is 15.8 Å². The molecule has 2 rings (SSSR count). The van der Waals surface area contributed by atoms with Gasteiger partial charge < -0.3 is 15.8 Å². The number of nitrogens with zero attached hydrogens (tertiary/aromatic N) is 2. The first-order valence-corrected chi connectivity index (χ1v) is 6.31. The van der Waals surface area contributed by atoms with Crippen LogP contribution in [0.2, 0.25) is 5.02 Å². The largest absolute Gasteiger partial charge is 0.437 e. The van der Waals surface area contributed by atoms with E-state index in [4.69, 9.17) is 22.1 Å². The average Bonchev–Trinajstić information content (AvgIpc) is 2.35. The van der Waals surface area contributed by atoms with Gasteiger partial charge in [-0.15, -0.1) is 0 Å². The molecule has 8 heteroatoms. The summed E-state index contributed by atoms with van der Waals surface area (Å²) in [5.74, 6) is 0.387. The van der Waals surface area contributed by atoms with Crippen LogP contribution in [0, 0.1) is 5.82 Å². The number of nitrogen functional groups attached to an aromatic ring is 1. The fourth-order valence-electron chi connectivity index (χ4n) is 1.32. The van der Waals surface area contributed by atoms with Crippen molar-refractivity contribution in [2.75, 3.05) is 18.1 Å². The highest BCUT2D eigenvalue weighted by Crippen LogP contribution is 2.33. The number of nitrogens with one attached hydrogen (secondary N) is 1. The Kier molecular flexibility index (Phi) is 4.06. The molecule has 0 saturated heterocycles. The van der Waals surface area contributed by atoms with Crippen molar-refractivity contribution in [3.63, 3.8) is 0 Å². The summed E-state index contributed by atoms with van der Waals surface area (Å²) < 4.78 is 19.3. The first-order chi connectivity index (χ1) is 8.99. The molecule has 0 atom stereocenters. The lowest BCUT2D eigenvalue weighted by Gasteiger charge is -2.09. The van der Waals surface area contributed by atoms with Gasteiger partial charge in [-0.25, -0.2) is 4.39 Å². The van der Waals surface area contributed by atoms with Crippen LogP contribution in [0.4, 0.5) is 16.2 Å². The molecule has 0 unspecified atom stereocenters. The van der Waals surface area contributed by atoms with Gasteiger partial charge in [-0.05, 0) is 22.0 Å². The number of nitrogens with two attached hydrogens (primary N) is 1. The van der Waals surface area contributed by atoms with E-state index >= 15 is 0 Å². The van der Waals surface area contributed by atoms with Gasteiger partial charge in [0.05, 0.1) is 9.50 Å². The number of ether oxygens (including phenoxy) is 1. The summed E-state index contributed by atoms with van der Waals surface area (Å²) in [6.07, 6.45) is 0. The van der Waals surface area contributed by atoms with Gasteiger partial charge in [-0.1, -0.05) is 11.6 Å². The lowest BCUT2D eigenvalue weighted by molar-refractivity contribution is 0.455. The Morgan fingerprint density at radius 2 is 2.11 bits per heavy atom. The fourth-order valence-corrected chi connectivity index (χ4v) is 2.04. The molecule has 1 aromatic heterocycles. The summed E-state index contributed by atoms with van der Waals surface area (Å²) in [7, 11) is 1.68. The van der Waals surface area contributed by atoms with Crippen LogP contribution in [-0.4, -0.2) is 17.0 Å². The second-order valence-corrected chi connectivity index (χ2v) is 4.76. The Labute approximate surface area is 122 Å². The SMILES string of the molecule is CNc1cc(Oc2cc(F)c(Cl)cc2Br)nc(N)n1. The Bertz CT molecular complexity index is 626. The molecule has 0 amide bonds. The minimum atomic E-state index is -0.587. The van der Waals surface area contributed by atoms with Crippen LogP contribution in [0.1, 0.15) is 0 Å². The number of anilines is 2. The van der Waals surface area contributed by atoms with Crippen molar-refractivity contribution in [2.45, 2.75) is 0 Å². The maximum atomic E-state index is 13.4. The van der Waals surface area contributed by atoms with Gasteiger partial charge in [0.25, 0.3) is 0 Å². The number of halogens is 3. The first kappa shape index (κ1) is 13.8. The monoisotopic (exact) mass is 346 g/mol. The molecule has 1 heterocycles. The molecule has 0 spiro atoms. The van der Waals surface area contributed by atoms with E-state index in [0.29, 0.717) is 10.3 Å². The zero-order valence-electron chi connectivity index (χ0n) is 9.75. The summed E-state index contributed by atoms with van der Waals surface area (Å²) in [6, 6.07) is 4.09. The molecule has 0 radical (unpaired) electrons. The molecule has 0 bridgehead atoms. The van der Waals surface area contributed by atoms with E-state index in [9.17, 15) is 4.39 Å². The predicted molar refractivity (Wildman–Crippen MR) is 75.2 cm³/mol. The Balaban J connectivity index is 2.36. The highest BCUT2D eigenvalue weighted by atomic mass is 79.9. The van der Waals surface area contributed by atoms with Crippen molar-refractivity contribution < 1.29 is 9.13 Å². The summed E-state index contributed by atoms with van der Waals surface area (Å²) in [5, 5.41) is 2.81. The summed E-state index contributed by atoms with van der Waals surface area (Å²) in [4.78, 5) is 7.82. The molecule has 0 aliphatic carbocycles. The Morgan fingerprint density at radius 1 is 1.37 bits per heavy atom. The van der Waals surface area contributed by atoms with E-state index < -0.39 is 5.82 Å². The predicted octanol–water partition coefficient (Wildman–Crippen LogP) is 3.45. The molecular weight excluding hydrogens is 339 g/mol. The van der Waals surface area contributed by atoms with Gasteiger partial charge in [-0.2, -0.15) is 9.97 Å². The molecule has 1 aromatic carbocycles. The highest BCUT2D eigenvalue weighted by molar-refractivity contribution is 9.10. The minimum Gasteiger partial charge on any atom is -0.437 e. The number of hydrogen-bond acceptors (Lipinski definition) is 5. The van der Waals surface area contributed by atoms with Crippen molar-refractivity contribution in [3.05, 3.63) is 33.5 Å². The lowest BCUT2D eigenvalue weighted by atomic mass is 10.3. The minimum absolute atomic E-state index is 0.00246. The van der Waals surface area contributed by atoms with E-state index in [-0.39, 0.29) is 22.6 Å².